The van der Waals surface area contributed by atoms with Gasteiger partial charge in [0, 0.05) is 46.9 Å². The fourth-order valence-electron chi connectivity index (χ4n) is 6.05. The first kappa shape index (κ1) is 22.9. The molecule has 0 spiro atoms. The van der Waals surface area contributed by atoms with E-state index in [0.29, 0.717) is 11.4 Å². The van der Waals surface area contributed by atoms with Gasteiger partial charge in [0.15, 0.2) is 6.17 Å². The zero-order valence-electron chi connectivity index (χ0n) is 20.8. The van der Waals surface area contributed by atoms with Crippen LogP contribution in [0.25, 0.3) is 22.0 Å². The van der Waals surface area contributed by atoms with E-state index in [1.54, 1.807) is 0 Å². The third-order valence-electron chi connectivity index (χ3n) is 8.14. The van der Waals surface area contributed by atoms with Crippen molar-refractivity contribution in [2.75, 3.05) is 7.05 Å². The van der Waals surface area contributed by atoms with E-state index in [9.17, 15) is 4.79 Å². The standard InChI is InChI=1S/C29H28ClN5O/c1-5-29(22-16-32-34-26(22)33-24-15-28(2,3)35(4)27(36)25(24)29)18-8-6-7-17(13-18)20-11-12-31-23-10-9-19(30)14-21(20)23/h6-14,16,26,33H,5,15H2,1-4H3/t26?,29-/m1/s1. The van der Waals surface area contributed by atoms with Gasteiger partial charge in [0.1, 0.15) is 0 Å². The summed E-state index contributed by atoms with van der Waals surface area (Å²) in [4.78, 5) is 20.4. The molecule has 0 radical (unpaired) electrons. The quantitative estimate of drug-likeness (QED) is 0.456. The van der Waals surface area contributed by atoms with Gasteiger partial charge >= 0.3 is 0 Å². The van der Waals surface area contributed by atoms with Crippen LogP contribution in [0.5, 0.6) is 0 Å². The minimum absolute atomic E-state index is 0.0494. The Kier molecular flexibility index (Phi) is 5.09. The maximum Gasteiger partial charge on any atom is 0.252 e. The van der Waals surface area contributed by atoms with Crippen LogP contribution in [0.15, 0.2) is 88.0 Å². The summed E-state index contributed by atoms with van der Waals surface area (Å²) in [6.45, 7) is 6.35. The van der Waals surface area contributed by atoms with Crippen LogP contribution in [-0.2, 0) is 10.2 Å². The molecule has 0 saturated carbocycles. The summed E-state index contributed by atoms with van der Waals surface area (Å²) in [5.74, 6) is 0.0494. The molecule has 3 aromatic rings. The average molecular weight is 498 g/mol. The highest BCUT2D eigenvalue weighted by atomic mass is 35.5. The van der Waals surface area contributed by atoms with Crippen molar-refractivity contribution in [1.29, 1.82) is 0 Å². The van der Waals surface area contributed by atoms with Crippen molar-refractivity contribution in [3.05, 3.63) is 88.4 Å². The molecule has 0 bridgehead atoms. The number of halogens is 1. The van der Waals surface area contributed by atoms with E-state index in [0.717, 1.165) is 50.9 Å². The predicted octanol–water partition coefficient (Wildman–Crippen LogP) is 6.38. The molecule has 0 aliphatic carbocycles. The normalized spacial score (nSPS) is 24.5. The molecule has 1 aromatic heterocycles. The number of nitrogens with one attached hydrogen (secondary N) is 1. The Labute approximate surface area is 215 Å². The number of fused-ring (bicyclic) bond motifs is 2. The van der Waals surface area contributed by atoms with E-state index in [1.165, 1.54) is 0 Å². The molecule has 36 heavy (non-hydrogen) atoms. The van der Waals surface area contributed by atoms with Gasteiger partial charge in [-0.3, -0.25) is 9.78 Å². The van der Waals surface area contributed by atoms with Gasteiger partial charge in [-0.2, -0.15) is 10.2 Å². The van der Waals surface area contributed by atoms with Gasteiger partial charge in [-0.15, -0.1) is 0 Å². The number of hydrogen-bond acceptors (Lipinski definition) is 5. The summed E-state index contributed by atoms with van der Waals surface area (Å²) in [6, 6.07) is 16.3. The maximum atomic E-state index is 14.0. The number of amides is 1. The summed E-state index contributed by atoms with van der Waals surface area (Å²) in [5, 5.41) is 14.0. The lowest BCUT2D eigenvalue weighted by Gasteiger charge is -2.51. The van der Waals surface area contributed by atoms with Gasteiger partial charge in [0.2, 0.25) is 0 Å². The van der Waals surface area contributed by atoms with E-state index in [1.807, 2.05) is 48.6 Å². The molecule has 3 aliphatic rings. The van der Waals surface area contributed by atoms with Gasteiger partial charge in [-0.25, -0.2) is 0 Å². The Morgan fingerprint density at radius 2 is 2.00 bits per heavy atom. The van der Waals surface area contributed by atoms with Crippen molar-refractivity contribution < 1.29 is 4.79 Å². The van der Waals surface area contributed by atoms with Gasteiger partial charge in [0.05, 0.1) is 22.7 Å². The predicted molar refractivity (Wildman–Crippen MR) is 143 cm³/mol. The number of azo groups is 1. The van der Waals surface area contributed by atoms with Crippen molar-refractivity contribution in [2.24, 2.45) is 10.2 Å². The van der Waals surface area contributed by atoms with E-state index < -0.39 is 5.41 Å². The second kappa shape index (κ2) is 8.00. The average Bonchev–Trinajstić information content (AvgIpc) is 3.34. The Morgan fingerprint density at radius 3 is 2.81 bits per heavy atom. The molecule has 2 aromatic carbocycles. The van der Waals surface area contributed by atoms with Gasteiger partial charge in [0.25, 0.3) is 5.91 Å². The van der Waals surface area contributed by atoms with Crippen molar-refractivity contribution in [2.45, 2.75) is 50.7 Å². The monoisotopic (exact) mass is 497 g/mol. The van der Waals surface area contributed by atoms with Crippen molar-refractivity contribution in [3.8, 4) is 11.1 Å². The van der Waals surface area contributed by atoms with Crippen LogP contribution in [0.3, 0.4) is 0 Å². The van der Waals surface area contributed by atoms with Gasteiger partial charge < -0.3 is 10.2 Å². The number of likely N-dealkylation sites (N-methyl/N-ethyl adjacent to an activating group) is 1. The molecule has 6 rings (SSSR count). The molecule has 7 heteroatoms. The van der Waals surface area contributed by atoms with E-state index >= 15 is 0 Å². The molecule has 3 aliphatic heterocycles. The molecular weight excluding hydrogens is 470 g/mol. The number of pyridine rings is 1. The zero-order valence-corrected chi connectivity index (χ0v) is 21.6. The summed E-state index contributed by atoms with van der Waals surface area (Å²) < 4.78 is 0. The Balaban J connectivity index is 1.59. The number of benzene rings is 2. The van der Waals surface area contributed by atoms with Crippen LogP contribution in [0.2, 0.25) is 5.02 Å². The third-order valence-corrected chi connectivity index (χ3v) is 8.38. The molecule has 0 saturated heterocycles. The SMILES string of the molecule is CC[C@@]1(c2cccc(-c3ccnc4ccc(Cl)cc34)c2)C2=CN=NC2NC2=C1C(=O)N(C)C(C)(C)C2. The van der Waals surface area contributed by atoms with Crippen LogP contribution >= 0.6 is 11.6 Å². The lowest BCUT2D eigenvalue weighted by molar-refractivity contribution is -0.132. The molecule has 1 N–H and O–H groups in total. The topological polar surface area (TPSA) is 70.0 Å². The first-order valence-electron chi connectivity index (χ1n) is 12.3. The fraction of sp³-hybridized carbons (Fsp3) is 0.310. The smallest absolute Gasteiger partial charge is 0.252 e. The first-order chi connectivity index (χ1) is 17.3. The van der Waals surface area contributed by atoms with Crippen LogP contribution < -0.4 is 5.32 Å². The lowest BCUT2D eigenvalue weighted by Crippen LogP contribution is -2.58. The van der Waals surface area contributed by atoms with Crippen LogP contribution in [0.1, 0.15) is 39.2 Å². The van der Waals surface area contributed by atoms with Crippen LogP contribution in [-0.4, -0.2) is 34.5 Å². The highest BCUT2D eigenvalue weighted by Gasteiger charge is 2.54. The van der Waals surface area contributed by atoms with Crippen molar-refractivity contribution in [3.63, 3.8) is 0 Å². The third kappa shape index (κ3) is 3.17. The number of carbonyl (C=O) groups is 1. The largest absolute Gasteiger partial charge is 0.362 e. The number of carbonyl (C=O) groups excluding carboxylic acids is 1. The maximum absolute atomic E-state index is 14.0. The van der Waals surface area contributed by atoms with Crippen molar-refractivity contribution in [1.82, 2.24) is 15.2 Å². The summed E-state index contributed by atoms with van der Waals surface area (Å²) in [7, 11) is 1.90. The van der Waals surface area contributed by atoms with Gasteiger partial charge in [-0.1, -0.05) is 36.7 Å². The zero-order chi connectivity index (χ0) is 25.2. The molecule has 1 unspecified atom stereocenters. The van der Waals surface area contributed by atoms with Crippen molar-refractivity contribution >= 4 is 28.4 Å². The summed E-state index contributed by atoms with van der Waals surface area (Å²) in [5.41, 5.74) is 5.93. The molecular formula is C29H28ClN5O. The van der Waals surface area contributed by atoms with E-state index in [4.69, 9.17) is 11.6 Å². The number of aromatic nitrogens is 1. The molecule has 0 fully saturated rings. The Morgan fingerprint density at radius 1 is 1.17 bits per heavy atom. The second-order valence-corrected chi connectivity index (χ2v) is 10.9. The van der Waals surface area contributed by atoms with E-state index in [-0.39, 0.29) is 17.6 Å². The number of rotatable bonds is 3. The van der Waals surface area contributed by atoms with E-state index in [2.05, 4.69) is 65.6 Å². The molecule has 182 valence electrons. The highest BCUT2D eigenvalue weighted by molar-refractivity contribution is 6.31. The second-order valence-electron chi connectivity index (χ2n) is 10.4. The molecule has 6 nitrogen and oxygen atoms in total. The Hall–Kier alpha value is -3.51. The van der Waals surface area contributed by atoms with Gasteiger partial charge in [-0.05, 0) is 67.3 Å². The minimum atomic E-state index is -0.632. The highest BCUT2D eigenvalue weighted by Crippen LogP contribution is 2.53. The van der Waals surface area contributed by atoms with Crippen LogP contribution in [0.4, 0.5) is 0 Å². The number of nitrogens with zero attached hydrogens (tertiary/aromatic N) is 4. The fourth-order valence-corrected chi connectivity index (χ4v) is 6.22. The molecule has 2 atom stereocenters. The molecule has 4 heterocycles. The molecule has 1 amide bonds. The summed E-state index contributed by atoms with van der Waals surface area (Å²) in [6.07, 6.45) is 4.85. The van der Waals surface area contributed by atoms with Crippen LogP contribution in [0, 0.1) is 0 Å². The summed E-state index contributed by atoms with van der Waals surface area (Å²) >= 11 is 6.35. The first-order valence-corrected chi connectivity index (χ1v) is 12.7. The minimum Gasteiger partial charge on any atom is -0.362 e. The number of hydrogen-bond donors (Lipinski definition) is 1. The Bertz CT molecular complexity index is 1520. The lowest BCUT2D eigenvalue weighted by atomic mass is 9.61.